The SMILES string of the molecule is O=C(O)NC(I)(CCNC(=O)Oc1ccccc1)c1ccc(Cl)cc1. The maximum absolute atomic E-state index is 11.8. The molecule has 0 saturated heterocycles. The van der Waals surface area contributed by atoms with E-state index in [0.717, 1.165) is 5.56 Å². The zero-order chi connectivity index (χ0) is 18.3. The molecule has 0 radical (unpaired) electrons. The standard InChI is InChI=1S/C17H16ClIN2O4/c18-13-8-6-12(7-9-13)17(19,21-15(22)23)10-11-20-16(24)25-14-4-2-1-3-5-14/h1-9,21H,10-11H2,(H,20,24)(H,22,23). The van der Waals surface area contributed by atoms with Gasteiger partial charge in [0.05, 0.1) is 0 Å². The average Bonchev–Trinajstić information content (AvgIpc) is 2.55. The number of alkyl halides is 1. The summed E-state index contributed by atoms with van der Waals surface area (Å²) in [6.07, 6.45) is -1.43. The van der Waals surface area contributed by atoms with Gasteiger partial charge < -0.3 is 20.5 Å². The van der Waals surface area contributed by atoms with Crippen LogP contribution in [0.15, 0.2) is 54.6 Å². The van der Waals surface area contributed by atoms with Crippen molar-refractivity contribution in [2.45, 2.75) is 9.97 Å². The first-order chi connectivity index (χ1) is 11.9. The predicted octanol–water partition coefficient (Wildman–Crippen LogP) is 4.37. The molecule has 0 heterocycles. The van der Waals surface area contributed by atoms with Crippen LogP contribution in [0.25, 0.3) is 0 Å². The number of hydrogen-bond donors (Lipinski definition) is 3. The molecule has 1 atom stereocenters. The van der Waals surface area contributed by atoms with E-state index in [1.165, 1.54) is 0 Å². The predicted molar refractivity (Wildman–Crippen MR) is 103 cm³/mol. The number of nitrogens with one attached hydrogen (secondary N) is 2. The van der Waals surface area contributed by atoms with Gasteiger partial charge in [0, 0.05) is 18.0 Å². The fraction of sp³-hybridized carbons (Fsp3) is 0.176. The van der Waals surface area contributed by atoms with E-state index in [2.05, 4.69) is 10.6 Å². The summed E-state index contributed by atoms with van der Waals surface area (Å²) in [6, 6.07) is 15.5. The van der Waals surface area contributed by atoms with Crippen molar-refractivity contribution in [3.8, 4) is 5.75 Å². The number of halogens is 2. The molecule has 3 N–H and O–H groups in total. The number of benzene rings is 2. The molecule has 0 aliphatic rings. The monoisotopic (exact) mass is 474 g/mol. The molecule has 1 unspecified atom stereocenters. The van der Waals surface area contributed by atoms with Crippen LogP contribution >= 0.6 is 34.2 Å². The van der Waals surface area contributed by atoms with Crippen LogP contribution in [-0.4, -0.2) is 23.8 Å². The van der Waals surface area contributed by atoms with Crippen LogP contribution in [0.1, 0.15) is 12.0 Å². The van der Waals surface area contributed by atoms with E-state index in [1.54, 1.807) is 48.5 Å². The molecule has 2 aromatic carbocycles. The minimum absolute atomic E-state index is 0.220. The molecule has 132 valence electrons. The van der Waals surface area contributed by atoms with E-state index in [-0.39, 0.29) is 6.54 Å². The fourth-order valence-electron chi connectivity index (χ4n) is 2.13. The molecule has 0 bridgehead atoms. The molecule has 8 heteroatoms. The van der Waals surface area contributed by atoms with Crippen molar-refractivity contribution in [1.82, 2.24) is 10.6 Å². The maximum atomic E-state index is 11.8. The average molecular weight is 475 g/mol. The number of carboxylic acid groups (broad SMARTS) is 1. The van der Waals surface area contributed by atoms with Gasteiger partial charge in [0.1, 0.15) is 9.30 Å². The van der Waals surface area contributed by atoms with E-state index < -0.39 is 15.7 Å². The van der Waals surface area contributed by atoms with E-state index in [4.69, 9.17) is 21.4 Å². The van der Waals surface area contributed by atoms with Gasteiger partial charge in [-0.2, -0.15) is 0 Å². The Hall–Kier alpha value is -2.00. The molecule has 0 aliphatic heterocycles. The highest BCUT2D eigenvalue weighted by molar-refractivity contribution is 14.1. The van der Waals surface area contributed by atoms with E-state index in [9.17, 15) is 9.59 Å². The van der Waals surface area contributed by atoms with Crippen LogP contribution in [0, 0.1) is 0 Å². The Morgan fingerprint density at radius 2 is 1.76 bits per heavy atom. The molecule has 0 fully saturated rings. The first kappa shape index (κ1) is 19.3. The van der Waals surface area contributed by atoms with Gasteiger partial charge in [0.15, 0.2) is 0 Å². The molecular weight excluding hydrogens is 459 g/mol. The van der Waals surface area contributed by atoms with E-state index >= 15 is 0 Å². The minimum Gasteiger partial charge on any atom is -0.465 e. The number of para-hydroxylation sites is 1. The topological polar surface area (TPSA) is 87.7 Å². The lowest BCUT2D eigenvalue weighted by atomic mass is 10.0. The Bertz CT molecular complexity index is 727. The van der Waals surface area contributed by atoms with Gasteiger partial charge in [-0.15, -0.1) is 0 Å². The summed E-state index contributed by atoms with van der Waals surface area (Å²) in [4.78, 5) is 23.0. The minimum atomic E-state index is -1.16. The molecule has 0 aromatic heterocycles. The Kier molecular flexibility index (Phi) is 6.89. The number of ether oxygens (including phenoxy) is 1. The third kappa shape index (κ3) is 6.09. The van der Waals surface area contributed by atoms with Crippen molar-refractivity contribution in [1.29, 1.82) is 0 Å². The molecule has 0 aliphatic carbocycles. The fourth-order valence-corrected chi connectivity index (χ4v) is 3.12. The van der Waals surface area contributed by atoms with Crippen LogP contribution < -0.4 is 15.4 Å². The summed E-state index contributed by atoms with van der Waals surface area (Å²) >= 11 is 7.89. The van der Waals surface area contributed by atoms with Gasteiger partial charge >= 0.3 is 12.2 Å². The van der Waals surface area contributed by atoms with E-state index in [0.29, 0.717) is 17.2 Å². The molecule has 0 saturated carbocycles. The maximum Gasteiger partial charge on any atom is 0.412 e. The molecule has 25 heavy (non-hydrogen) atoms. The summed E-state index contributed by atoms with van der Waals surface area (Å²) in [6.45, 7) is 0.220. The van der Waals surface area contributed by atoms with Gasteiger partial charge in [-0.3, -0.25) is 0 Å². The van der Waals surface area contributed by atoms with Crippen molar-refractivity contribution in [3.05, 3.63) is 65.2 Å². The third-order valence-corrected chi connectivity index (χ3v) is 4.98. The van der Waals surface area contributed by atoms with E-state index in [1.807, 2.05) is 28.7 Å². The summed E-state index contributed by atoms with van der Waals surface area (Å²) < 4.78 is 4.22. The van der Waals surface area contributed by atoms with Crippen molar-refractivity contribution in [2.24, 2.45) is 0 Å². The Morgan fingerprint density at radius 3 is 2.36 bits per heavy atom. The van der Waals surface area contributed by atoms with Crippen molar-refractivity contribution in [2.75, 3.05) is 6.54 Å². The van der Waals surface area contributed by atoms with Gasteiger partial charge in [0.25, 0.3) is 0 Å². The van der Waals surface area contributed by atoms with Gasteiger partial charge in [-0.25, -0.2) is 9.59 Å². The Balaban J connectivity index is 1.96. The smallest absolute Gasteiger partial charge is 0.412 e. The first-order valence-electron chi connectivity index (χ1n) is 7.36. The Labute approximate surface area is 163 Å². The van der Waals surface area contributed by atoms with Gasteiger partial charge in [-0.05, 0) is 52.4 Å². The number of carbonyl (C=O) groups is 2. The number of rotatable bonds is 6. The number of hydrogen-bond acceptors (Lipinski definition) is 3. The molecule has 2 rings (SSSR count). The normalized spacial score (nSPS) is 12.7. The first-order valence-corrected chi connectivity index (χ1v) is 8.81. The lowest BCUT2D eigenvalue weighted by Gasteiger charge is -2.28. The van der Waals surface area contributed by atoms with Crippen molar-refractivity contribution in [3.63, 3.8) is 0 Å². The van der Waals surface area contributed by atoms with Crippen LogP contribution in [0.5, 0.6) is 5.75 Å². The second-order valence-electron chi connectivity index (χ2n) is 5.12. The number of amides is 2. The van der Waals surface area contributed by atoms with Crippen LogP contribution in [0.3, 0.4) is 0 Å². The van der Waals surface area contributed by atoms with Crippen LogP contribution in [-0.2, 0) is 3.55 Å². The lowest BCUT2D eigenvalue weighted by molar-refractivity contribution is 0.187. The highest BCUT2D eigenvalue weighted by Gasteiger charge is 2.30. The molecule has 6 nitrogen and oxygen atoms in total. The van der Waals surface area contributed by atoms with Crippen molar-refractivity contribution < 1.29 is 19.4 Å². The largest absolute Gasteiger partial charge is 0.465 e. The summed E-state index contributed by atoms with van der Waals surface area (Å²) in [5.41, 5.74) is 0.734. The van der Waals surface area contributed by atoms with Gasteiger partial charge in [0.2, 0.25) is 0 Å². The molecule has 0 spiro atoms. The van der Waals surface area contributed by atoms with Gasteiger partial charge in [-0.1, -0.05) is 41.9 Å². The Morgan fingerprint density at radius 1 is 1.12 bits per heavy atom. The molecule has 2 aromatic rings. The van der Waals surface area contributed by atoms with Crippen molar-refractivity contribution >= 4 is 46.4 Å². The van der Waals surface area contributed by atoms with Crippen LogP contribution in [0.4, 0.5) is 9.59 Å². The highest BCUT2D eigenvalue weighted by atomic mass is 127. The summed E-state index contributed by atoms with van der Waals surface area (Å²) in [7, 11) is 0. The quantitative estimate of drug-likeness (QED) is 0.329. The molecule has 2 amide bonds. The number of carbonyl (C=O) groups excluding carboxylic acids is 1. The summed E-state index contributed by atoms with van der Waals surface area (Å²) in [5, 5.41) is 14.8. The second kappa shape index (κ2) is 8.91. The molecular formula is C17H16ClIN2O4. The second-order valence-corrected chi connectivity index (χ2v) is 7.40. The van der Waals surface area contributed by atoms with Crippen LogP contribution in [0.2, 0.25) is 5.02 Å². The zero-order valence-electron chi connectivity index (χ0n) is 13.0. The third-order valence-electron chi connectivity index (χ3n) is 3.30. The summed E-state index contributed by atoms with van der Waals surface area (Å²) in [5.74, 6) is 0.432. The highest BCUT2D eigenvalue weighted by Crippen LogP contribution is 2.33. The zero-order valence-corrected chi connectivity index (χ0v) is 16.0. The lowest BCUT2D eigenvalue weighted by Crippen LogP contribution is -2.43.